The molecular formula is C27H36N4O4. The van der Waals surface area contributed by atoms with E-state index in [1.54, 1.807) is 7.11 Å². The molecule has 0 aromatic heterocycles. The summed E-state index contributed by atoms with van der Waals surface area (Å²) in [5.74, 6) is 2.09. The SMILES string of the molecule is COc1ccc(C2(C(=O)N3CCN(C(=O)N4C[C@H]5C[C@H](C4)[C@H]4CCCC(=O)N4C5)CC3)CC2)cc1. The number of nitrogens with zero attached hydrogens (tertiary/aromatic N) is 4. The largest absolute Gasteiger partial charge is 0.497 e. The van der Waals surface area contributed by atoms with E-state index in [2.05, 4.69) is 4.90 Å². The zero-order chi connectivity index (χ0) is 24.2. The van der Waals surface area contributed by atoms with Gasteiger partial charge in [-0.3, -0.25) is 9.59 Å². The van der Waals surface area contributed by atoms with Gasteiger partial charge < -0.3 is 24.3 Å². The number of amides is 4. The van der Waals surface area contributed by atoms with Crippen molar-refractivity contribution in [1.82, 2.24) is 19.6 Å². The minimum absolute atomic E-state index is 0.110. The third kappa shape index (κ3) is 3.95. The maximum absolute atomic E-state index is 13.5. The molecule has 188 valence electrons. The molecule has 6 rings (SSSR count). The molecule has 3 atom stereocenters. The fraction of sp³-hybridized carbons (Fsp3) is 0.667. The summed E-state index contributed by atoms with van der Waals surface area (Å²) < 4.78 is 5.26. The number of fused-ring (bicyclic) bond motifs is 4. The Hall–Kier alpha value is -2.77. The van der Waals surface area contributed by atoms with Gasteiger partial charge in [0, 0.05) is 58.3 Å². The average Bonchev–Trinajstić information content (AvgIpc) is 3.71. The van der Waals surface area contributed by atoms with Crippen LogP contribution in [-0.2, 0) is 15.0 Å². The molecule has 4 saturated heterocycles. The van der Waals surface area contributed by atoms with E-state index in [1.807, 2.05) is 39.0 Å². The summed E-state index contributed by atoms with van der Waals surface area (Å²) in [5.41, 5.74) is 0.670. The Morgan fingerprint density at radius 1 is 0.943 bits per heavy atom. The lowest BCUT2D eigenvalue weighted by molar-refractivity contribution is -0.144. The number of likely N-dealkylation sites (tertiary alicyclic amines) is 1. The summed E-state index contributed by atoms with van der Waals surface area (Å²) in [6.45, 7) is 4.66. The molecule has 0 N–H and O–H groups in total. The van der Waals surface area contributed by atoms with Gasteiger partial charge in [-0.05, 0) is 61.6 Å². The Kier molecular flexibility index (Phi) is 5.65. The zero-order valence-electron chi connectivity index (χ0n) is 20.7. The minimum atomic E-state index is -0.397. The molecule has 0 spiro atoms. The lowest BCUT2D eigenvalue weighted by atomic mass is 9.76. The van der Waals surface area contributed by atoms with Gasteiger partial charge in [-0.1, -0.05) is 12.1 Å². The predicted octanol–water partition coefficient (Wildman–Crippen LogP) is 2.32. The second-order valence-corrected chi connectivity index (χ2v) is 11.1. The van der Waals surface area contributed by atoms with Crippen LogP contribution in [0.4, 0.5) is 4.79 Å². The van der Waals surface area contributed by atoms with Crippen molar-refractivity contribution < 1.29 is 19.1 Å². The first kappa shape index (κ1) is 22.7. The molecule has 5 aliphatic rings. The number of ether oxygens (including phenoxy) is 1. The monoisotopic (exact) mass is 480 g/mol. The molecule has 4 amide bonds. The van der Waals surface area contributed by atoms with Crippen LogP contribution in [0.25, 0.3) is 0 Å². The number of piperidine rings is 3. The molecule has 1 saturated carbocycles. The average molecular weight is 481 g/mol. The first-order chi connectivity index (χ1) is 17.0. The molecule has 1 aliphatic carbocycles. The molecule has 8 heteroatoms. The van der Waals surface area contributed by atoms with Gasteiger partial charge in [0.2, 0.25) is 11.8 Å². The second-order valence-electron chi connectivity index (χ2n) is 11.1. The fourth-order valence-corrected chi connectivity index (χ4v) is 7.03. The summed E-state index contributed by atoms with van der Waals surface area (Å²) in [4.78, 5) is 47.3. The molecule has 4 heterocycles. The fourth-order valence-electron chi connectivity index (χ4n) is 7.03. The Morgan fingerprint density at radius 2 is 1.66 bits per heavy atom. The first-order valence-electron chi connectivity index (χ1n) is 13.3. The predicted molar refractivity (Wildman–Crippen MR) is 130 cm³/mol. The molecule has 1 aromatic rings. The van der Waals surface area contributed by atoms with Crippen molar-refractivity contribution in [2.24, 2.45) is 11.8 Å². The van der Waals surface area contributed by atoms with Crippen molar-refractivity contribution >= 4 is 17.8 Å². The third-order valence-electron chi connectivity index (χ3n) is 9.09. The minimum Gasteiger partial charge on any atom is -0.497 e. The topological polar surface area (TPSA) is 73.4 Å². The summed E-state index contributed by atoms with van der Waals surface area (Å²) in [6, 6.07) is 8.30. The number of piperazine rings is 1. The zero-order valence-corrected chi connectivity index (χ0v) is 20.7. The third-order valence-corrected chi connectivity index (χ3v) is 9.09. The molecule has 5 fully saturated rings. The number of rotatable bonds is 3. The number of benzene rings is 1. The Morgan fingerprint density at radius 3 is 2.34 bits per heavy atom. The number of carbonyl (C=O) groups is 3. The van der Waals surface area contributed by atoms with Gasteiger partial charge in [0.15, 0.2) is 0 Å². The lowest BCUT2D eigenvalue weighted by Gasteiger charge is -2.53. The molecule has 35 heavy (non-hydrogen) atoms. The standard InChI is InChI=1S/C27H36N4O4/c1-35-22-7-5-21(6-8-22)27(9-10-27)25(33)28-11-13-29(14-12-28)26(34)30-16-19-15-20(18-30)23-3-2-4-24(32)31(23)17-19/h5-8,19-20,23H,2-4,9-18H2,1H3/t19-,20-,23-/m1/s1. The summed E-state index contributed by atoms with van der Waals surface area (Å²) in [7, 11) is 1.65. The van der Waals surface area contributed by atoms with Crippen LogP contribution in [0.15, 0.2) is 24.3 Å². The smallest absolute Gasteiger partial charge is 0.320 e. The number of hydrogen-bond acceptors (Lipinski definition) is 4. The van der Waals surface area contributed by atoms with Crippen molar-refractivity contribution in [3.05, 3.63) is 29.8 Å². The van der Waals surface area contributed by atoms with E-state index in [0.29, 0.717) is 56.4 Å². The lowest BCUT2D eigenvalue weighted by Crippen LogP contribution is -2.63. The molecule has 1 aromatic carbocycles. The van der Waals surface area contributed by atoms with Crippen LogP contribution in [0.2, 0.25) is 0 Å². The second kappa shape index (κ2) is 8.71. The Balaban J connectivity index is 1.06. The molecule has 4 aliphatic heterocycles. The molecule has 0 radical (unpaired) electrons. The molecule has 2 bridgehead atoms. The highest BCUT2D eigenvalue weighted by molar-refractivity contribution is 5.91. The van der Waals surface area contributed by atoms with Gasteiger partial charge >= 0.3 is 6.03 Å². The van der Waals surface area contributed by atoms with E-state index in [9.17, 15) is 14.4 Å². The highest BCUT2D eigenvalue weighted by atomic mass is 16.5. The number of urea groups is 1. The van der Waals surface area contributed by atoms with Crippen molar-refractivity contribution in [3.8, 4) is 5.75 Å². The van der Waals surface area contributed by atoms with Crippen molar-refractivity contribution in [2.75, 3.05) is 52.9 Å². The molecule has 0 unspecified atom stereocenters. The Bertz CT molecular complexity index is 999. The van der Waals surface area contributed by atoms with Gasteiger partial charge in [-0.2, -0.15) is 0 Å². The van der Waals surface area contributed by atoms with Crippen molar-refractivity contribution in [1.29, 1.82) is 0 Å². The maximum atomic E-state index is 13.5. The van der Waals surface area contributed by atoms with Crippen LogP contribution in [-0.4, -0.2) is 96.4 Å². The summed E-state index contributed by atoms with van der Waals surface area (Å²) in [5, 5.41) is 0. The van der Waals surface area contributed by atoms with Gasteiger partial charge in [0.05, 0.1) is 12.5 Å². The quantitative estimate of drug-likeness (QED) is 0.666. The summed E-state index contributed by atoms with van der Waals surface area (Å²) >= 11 is 0. The van der Waals surface area contributed by atoms with Crippen LogP contribution < -0.4 is 4.74 Å². The van der Waals surface area contributed by atoms with Crippen LogP contribution in [0, 0.1) is 11.8 Å². The van der Waals surface area contributed by atoms with Gasteiger partial charge in [-0.25, -0.2) is 4.79 Å². The van der Waals surface area contributed by atoms with Crippen LogP contribution in [0.5, 0.6) is 5.75 Å². The highest BCUT2D eigenvalue weighted by Crippen LogP contribution is 2.50. The van der Waals surface area contributed by atoms with E-state index in [0.717, 1.165) is 63.1 Å². The molecular weight excluding hydrogens is 444 g/mol. The van der Waals surface area contributed by atoms with E-state index in [-0.39, 0.29) is 11.9 Å². The van der Waals surface area contributed by atoms with Gasteiger partial charge in [0.1, 0.15) is 5.75 Å². The summed E-state index contributed by atoms with van der Waals surface area (Å²) in [6.07, 6.45) is 5.63. The van der Waals surface area contributed by atoms with Crippen molar-refractivity contribution in [2.45, 2.75) is 50.0 Å². The van der Waals surface area contributed by atoms with Crippen molar-refractivity contribution in [3.63, 3.8) is 0 Å². The molecule has 8 nitrogen and oxygen atoms in total. The van der Waals surface area contributed by atoms with E-state index in [4.69, 9.17) is 4.74 Å². The number of hydrogen-bond donors (Lipinski definition) is 0. The highest BCUT2D eigenvalue weighted by Gasteiger charge is 2.53. The normalized spacial score (nSPS) is 29.5. The van der Waals surface area contributed by atoms with E-state index < -0.39 is 5.41 Å². The maximum Gasteiger partial charge on any atom is 0.320 e. The van der Waals surface area contributed by atoms with E-state index in [1.165, 1.54) is 0 Å². The Labute approximate surface area is 207 Å². The number of carbonyl (C=O) groups excluding carboxylic acids is 3. The first-order valence-corrected chi connectivity index (χ1v) is 13.3. The van der Waals surface area contributed by atoms with Crippen LogP contribution >= 0.6 is 0 Å². The van der Waals surface area contributed by atoms with Crippen LogP contribution in [0.1, 0.15) is 44.1 Å². The number of methoxy groups -OCH3 is 1. The van der Waals surface area contributed by atoms with E-state index >= 15 is 0 Å². The van der Waals surface area contributed by atoms with Gasteiger partial charge in [0.25, 0.3) is 0 Å². The van der Waals surface area contributed by atoms with Crippen LogP contribution in [0.3, 0.4) is 0 Å². The van der Waals surface area contributed by atoms with Gasteiger partial charge in [-0.15, -0.1) is 0 Å².